The van der Waals surface area contributed by atoms with Gasteiger partial charge in [-0.25, -0.2) is 4.79 Å². The Labute approximate surface area is 166 Å². The molecule has 1 heterocycles. The lowest BCUT2D eigenvalue weighted by Crippen LogP contribution is -2.36. The second kappa shape index (κ2) is 8.02. The fourth-order valence-corrected chi connectivity index (χ4v) is 3.16. The predicted octanol–water partition coefficient (Wildman–Crippen LogP) is 3.25. The minimum atomic E-state index is -0.859. The molecule has 0 atom stereocenters. The number of ether oxygens (including phenoxy) is 1. The molecule has 0 aliphatic heterocycles. The summed E-state index contributed by atoms with van der Waals surface area (Å²) in [5.41, 5.74) is -0.433. The van der Waals surface area contributed by atoms with E-state index >= 15 is 0 Å². The molecule has 0 aliphatic rings. The van der Waals surface area contributed by atoms with Gasteiger partial charge in [-0.15, -0.1) is 0 Å². The van der Waals surface area contributed by atoms with Gasteiger partial charge in [-0.1, -0.05) is 35.9 Å². The highest BCUT2D eigenvalue weighted by Gasteiger charge is 2.31. The average Bonchev–Trinajstić information content (AvgIpc) is 2.67. The summed E-state index contributed by atoms with van der Waals surface area (Å²) >= 11 is 6.00. The Morgan fingerprint density at radius 3 is 2.64 bits per heavy atom. The van der Waals surface area contributed by atoms with Gasteiger partial charge in [-0.2, -0.15) is 0 Å². The van der Waals surface area contributed by atoms with Crippen molar-refractivity contribution in [2.75, 3.05) is 6.61 Å². The minimum absolute atomic E-state index is 0.0987. The van der Waals surface area contributed by atoms with Crippen LogP contribution in [-0.2, 0) is 21.5 Å². The number of halogens is 1. The van der Waals surface area contributed by atoms with E-state index in [-0.39, 0.29) is 18.7 Å². The lowest BCUT2D eigenvalue weighted by atomic mass is 9.85. The monoisotopic (exact) mass is 400 g/mol. The fraction of sp³-hybridized carbons (Fsp3) is 0.286. The molecule has 1 aromatic heterocycles. The number of carbonyl (C=O) groups is 1. The molecule has 0 unspecified atom stereocenters. The third kappa shape index (κ3) is 4.02. The molecule has 28 heavy (non-hydrogen) atoms. The largest absolute Gasteiger partial charge is 0.465 e. The smallest absolute Gasteiger partial charge is 0.328 e. The SMILES string of the molecule is CC(C)(C(=O)OCCCn1c(=O)[nH]c2ccccc2c1=O)c1cccc(Cl)c1. The number of H-pyrrole nitrogens is 1. The van der Waals surface area contributed by atoms with Crippen molar-refractivity contribution in [2.45, 2.75) is 32.2 Å². The molecule has 0 fully saturated rings. The minimum Gasteiger partial charge on any atom is -0.465 e. The van der Waals surface area contributed by atoms with Crippen molar-refractivity contribution in [2.24, 2.45) is 0 Å². The van der Waals surface area contributed by atoms with Crippen LogP contribution in [0.2, 0.25) is 5.02 Å². The summed E-state index contributed by atoms with van der Waals surface area (Å²) in [6, 6.07) is 13.9. The Balaban J connectivity index is 1.65. The van der Waals surface area contributed by atoms with Crippen molar-refractivity contribution >= 4 is 28.5 Å². The molecule has 1 N–H and O–H groups in total. The maximum atomic E-state index is 12.5. The lowest BCUT2D eigenvalue weighted by Gasteiger charge is -2.23. The van der Waals surface area contributed by atoms with Crippen LogP contribution in [-0.4, -0.2) is 22.1 Å². The van der Waals surface area contributed by atoms with Gasteiger partial charge in [0.15, 0.2) is 0 Å². The van der Waals surface area contributed by atoms with Crippen LogP contribution in [0.1, 0.15) is 25.8 Å². The molecule has 2 aromatic carbocycles. The zero-order valence-electron chi connectivity index (χ0n) is 15.7. The van der Waals surface area contributed by atoms with Crippen LogP contribution in [0.25, 0.3) is 10.9 Å². The first-order valence-electron chi connectivity index (χ1n) is 8.96. The molecule has 3 aromatic rings. The average molecular weight is 401 g/mol. The van der Waals surface area contributed by atoms with Crippen LogP contribution in [0.3, 0.4) is 0 Å². The molecular weight excluding hydrogens is 380 g/mol. The van der Waals surface area contributed by atoms with Crippen LogP contribution < -0.4 is 11.2 Å². The van der Waals surface area contributed by atoms with Crippen molar-refractivity contribution in [1.82, 2.24) is 9.55 Å². The van der Waals surface area contributed by atoms with Gasteiger partial charge in [0.25, 0.3) is 5.56 Å². The Hall–Kier alpha value is -2.86. The quantitative estimate of drug-likeness (QED) is 0.508. The molecule has 6 nitrogen and oxygen atoms in total. The van der Waals surface area contributed by atoms with Gasteiger partial charge in [-0.3, -0.25) is 14.2 Å². The van der Waals surface area contributed by atoms with E-state index < -0.39 is 17.1 Å². The van der Waals surface area contributed by atoms with Crippen molar-refractivity contribution in [1.29, 1.82) is 0 Å². The summed E-state index contributed by atoms with van der Waals surface area (Å²) in [6.45, 7) is 3.78. The topological polar surface area (TPSA) is 81.2 Å². The number of rotatable bonds is 6. The first-order chi connectivity index (χ1) is 13.3. The number of fused-ring (bicyclic) bond motifs is 1. The van der Waals surface area contributed by atoms with Crippen molar-refractivity contribution < 1.29 is 9.53 Å². The number of hydrogen-bond acceptors (Lipinski definition) is 4. The third-order valence-corrected chi connectivity index (χ3v) is 4.94. The van der Waals surface area contributed by atoms with Gasteiger partial charge in [0.2, 0.25) is 0 Å². The van der Waals surface area contributed by atoms with Crippen LogP contribution in [0.5, 0.6) is 0 Å². The summed E-state index contributed by atoms with van der Waals surface area (Å²) in [5, 5.41) is 0.995. The molecule has 0 radical (unpaired) electrons. The Bertz CT molecular complexity index is 1130. The van der Waals surface area contributed by atoms with Crippen molar-refractivity contribution in [3.63, 3.8) is 0 Å². The Morgan fingerprint density at radius 2 is 1.89 bits per heavy atom. The van der Waals surface area contributed by atoms with Crippen molar-refractivity contribution in [3.05, 3.63) is 80.0 Å². The highest BCUT2D eigenvalue weighted by atomic mass is 35.5. The van der Waals surface area contributed by atoms with E-state index in [4.69, 9.17) is 16.3 Å². The van der Waals surface area contributed by atoms with E-state index in [9.17, 15) is 14.4 Å². The number of esters is 1. The second-order valence-corrected chi connectivity index (χ2v) is 7.49. The molecule has 0 bridgehead atoms. The number of nitrogens with one attached hydrogen (secondary N) is 1. The number of carbonyl (C=O) groups excluding carboxylic acids is 1. The lowest BCUT2D eigenvalue weighted by molar-refractivity contribution is -0.149. The summed E-state index contributed by atoms with van der Waals surface area (Å²) in [7, 11) is 0. The number of hydrogen-bond donors (Lipinski definition) is 1. The van der Waals surface area contributed by atoms with Gasteiger partial charge >= 0.3 is 11.7 Å². The number of aromatic amines is 1. The van der Waals surface area contributed by atoms with Crippen LogP contribution >= 0.6 is 11.6 Å². The van der Waals surface area contributed by atoms with E-state index in [1.54, 1.807) is 56.3 Å². The highest BCUT2D eigenvalue weighted by Crippen LogP contribution is 2.27. The predicted molar refractivity (Wildman–Crippen MR) is 109 cm³/mol. The maximum absolute atomic E-state index is 12.5. The van der Waals surface area contributed by atoms with E-state index in [0.29, 0.717) is 22.3 Å². The summed E-state index contributed by atoms with van der Waals surface area (Å²) in [5.74, 6) is -0.394. The van der Waals surface area contributed by atoms with E-state index in [1.807, 2.05) is 6.07 Å². The summed E-state index contributed by atoms with van der Waals surface area (Å²) in [4.78, 5) is 39.8. The molecule has 0 spiro atoms. The normalized spacial score (nSPS) is 11.5. The molecule has 3 rings (SSSR count). The van der Waals surface area contributed by atoms with Crippen molar-refractivity contribution in [3.8, 4) is 0 Å². The number of nitrogens with zero attached hydrogens (tertiary/aromatic N) is 1. The van der Waals surface area contributed by atoms with E-state index in [2.05, 4.69) is 4.98 Å². The standard InChI is InChI=1S/C21H21ClN2O4/c1-21(2,14-7-5-8-15(22)13-14)19(26)28-12-6-11-24-18(25)16-9-3-4-10-17(16)23-20(24)27/h3-5,7-10,13H,6,11-12H2,1-2H3,(H,23,27). The number of para-hydroxylation sites is 1. The molecule has 146 valence electrons. The molecule has 0 saturated carbocycles. The highest BCUT2D eigenvalue weighted by molar-refractivity contribution is 6.30. The molecule has 7 heteroatoms. The Morgan fingerprint density at radius 1 is 1.14 bits per heavy atom. The first kappa shape index (κ1) is 19.9. The van der Waals surface area contributed by atoms with Gasteiger partial charge in [0.1, 0.15) is 0 Å². The van der Waals surface area contributed by atoms with E-state index in [1.165, 1.54) is 0 Å². The van der Waals surface area contributed by atoms with Gasteiger partial charge in [0, 0.05) is 11.6 Å². The Kier molecular flexibility index (Phi) is 5.70. The molecule has 0 aliphatic carbocycles. The zero-order chi connectivity index (χ0) is 20.3. The van der Waals surface area contributed by atoms with Crippen LogP contribution in [0, 0.1) is 0 Å². The molecule has 0 saturated heterocycles. The summed E-state index contributed by atoms with van der Waals surface area (Å²) < 4.78 is 6.50. The number of aromatic nitrogens is 2. The molecule has 0 amide bonds. The second-order valence-electron chi connectivity index (χ2n) is 7.06. The van der Waals surface area contributed by atoms with Gasteiger partial charge < -0.3 is 9.72 Å². The first-order valence-corrected chi connectivity index (χ1v) is 9.33. The fourth-order valence-electron chi connectivity index (χ4n) is 2.97. The molecular formula is C21H21ClN2O4. The van der Waals surface area contributed by atoms with E-state index in [0.717, 1.165) is 10.1 Å². The third-order valence-electron chi connectivity index (χ3n) is 4.71. The summed E-state index contributed by atoms with van der Waals surface area (Å²) in [6.07, 6.45) is 0.346. The van der Waals surface area contributed by atoms with Gasteiger partial charge in [0.05, 0.1) is 22.9 Å². The van der Waals surface area contributed by atoms with Gasteiger partial charge in [-0.05, 0) is 50.1 Å². The maximum Gasteiger partial charge on any atom is 0.328 e. The number of benzene rings is 2. The van der Waals surface area contributed by atoms with Crippen LogP contribution in [0.4, 0.5) is 0 Å². The van der Waals surface area contributed by atoms with Crippen LogP contribution in [0.15, 0.2) is 58.1 Å². The zero-order valence-corrected chi connectivity index (χ0v) is 16.5.